The summed E-state index contributed by atoms with van der Waals surface area (Å²) in [5, 5.41) is 4.07. The molecule has 0 amide bonds. The Labute approximate surface area is 121 Å². The average Bonchev–Trinajstić information content (AvgIpc) is 3.07. The van der Waals surface area contributed by atoms with E-state index in [1.807, 2.05) is 36.9 Å². The van der Waals surface area contributed by atoms with Gasteiger partial charge >= 0.3 is 0 Å². The molecule has 1 aromatic heterocycles. The Hall–Kier alpha value is -1.53. The first-order valence-electron chi connectivity index (χ1n) is 6.51. The van der Waals surface area contributed by atoms with Crippen molar-refractivity contribution in [2.24, 2.45) is 5.73 Å². The molecule has 1 aliphatic heterocycles. The van der Waals surface area contributed by atoms with Gasteiger partial charge in [-0.05, 0) is 24.6 Å². The molecule has 0 spiro atoms. The lowest BCUT2D eigenvalue weighted by Gasteiger charge is -2.08. The molecule has 1 aliphatic rings. The van der Waals surface area contributed by atoms with E-state index in [4.69, 9.17) is 15.0 Å². The summed E-state index contributed by atoms with van der Waals surface area (Å²) in [6, 6.07) is 6.01. The van der Waals surface area contributed by atoms with Crippen LogP contribution in [0.3, 0.4) is 0 Å². The molecule has 3 rings (SSSR count). The van der Waals surface area contributed by atoms with Gasteiger partial charge in [-0.3, -0.25) is 0 Å². The van der Waals surface area contributed by atoms with E-state index < -0.39 is 0 Å². The first-order chi connectivity index (χ1) is 9.69. The highest BCUT2D eigenvalue weighted by Gasteiger charge is 2.31. The first kappa shape index (κ1) is 13.5. The topological polar surface area (TPSA) is 74.2 Å². The van der Waals surface area contributed by atoms with Crippen LogP contribution in [0.25, 0.3) is 11.4 Å². The van der Waals surface area contributed by atoms with Crippen molar-refractivity contribution in [3.63, 3.8) is 0 Å². The highest BCUT2D eigenvalue weighted by atomic mass is 32.2. The van der Waals surface area contributed by atoms with E-state index in [0.717, 1.165) is 28.4 Å². The number of ether oxygens (including phenoxy) is 1. The van der Waals surface area contributed by atoms with Crippen LogP contribution in [0.15, 0.2) is 22.7 Å². The van der Waals surface area contributed by atoms with Crippen molar-refractivity contribution in [1.29, 1.82) is 0 Å². The Kier molecular flexibility index (Phi) is 3.67. The number of nitrogens with two attached hydrogens (primary N) is 1. The Morgan fingerprint density at radius 2 is 2.25 bits per heavy atom. The van der Waals surface area contributed by atoms with Gasteiger partial charge in [-0.15, -0.1) is 0 Å². The number of nitrogens with zero attached hydrogens (tertiary/aromatic N) is 2. The normalized spacial score (nSPS) is 22.1. The van der Waals surface area contributed by atoms with Crippen molar-refractivity contribution in [1.82, 2.24) is 10.1 Å². The third-order valence-corrected chi connectivity index (χ3v) is 4.70. The Bertz CT molecular complexity index is 614. The van der Waals surface area contributed by atoms with Gasteiger partial charge in [0.1, 0.15) is 5.75 Å². The molecule has 0 saturated carbocycles. The highest BCUT2D eigenvalue weighted by molar-refractivity contribution is 7.99. The standard InChI is InChI=1S/C14H17N3O2S/c1-8-3-4-9(12(5-8)18-2)13-16-14(19-17-13)10-6-20-7-11(10)15/h3-5,10-11H,6-7,15H2,1-2H3. The maximum Gasteiger partial charge on any atom is 0.232 e. The molecule has 5 nitrogen and oxygen atoms in total. The van der Waals surface area contributed by atoms with E-state index in [1.165, 1.54) is 0 Å². The zero-order chi connectivity index (χ0) is 14.1. The Morgan fingerprint density at radius 3 is 2.95 bits per heavy atom. The van der Waals surface area contributed by atoms with E-state index in [2.05, 4.69) is 10.1 Å². The maximum atomic E-state index is 6.06. The van der Waals surface area contributed by atoms with Crippen LogP contribution < -0.4 is 10.5 Å². The van der Waals surface area contributed by atoms with Gasteiger partial charge in [0, 0.05) is 17.5 Å². The minimum Gasteiger partial charge on any atom is -0.496 e. The molecule has 6 heteroatoms. The quantitative estimate of drug-likeness (QED) is 0.934. The third-order valence-electron chi connectivity index (χ3n) is 3.48. The van der Waals surface area contributed by atoms with Crippen molar-refractivity contribution < 1.29 is 9.26 Å². The van der Waals surface area contributed by atoms with Crippen LogP contribution in [0.5, 0.6) is 5.75 Å². The summed E-state index contributed by atoms with van der Waals surface area (Å²) in [4.78, 5) is 4.50. The van der Waals surface area contributed by atoms with Crippen LogP contribution in [0.4, 0.5) is 0 Å². The summed E-state index contributed by atoms with van der Waals surface area (Å²) >= 11 is 1.82. The molecule has 2 heterocycles. The fourth-order valence-corrected chi connectivity index (χ4v) is 3.59. The molecule has 20 heavy (non-hydrogen) atoms. The first-order valence-corrected chi connectivity index (χ1v) is 7.66. The number of thioether (sulfide) groups is 1. The predicted octanol–water partition coefficient (Wildman–Crippen LogP) is 2.21. The number of aromatic nitrogens is 2. The number of methoxy groups -OCH3 is 1. The molecule has 1 saturated heterocycles. The van der Waals surface area contributed by atoms with Crippen molar-refractivity contribution in [2.75, 3.05) is 18.6 Å². The molecule has 2 atom stereocenters. The van der Waals surface area contributed by atoms with Gasteiger partial charge in [-0.25, -0.2) is 0 Å². The zero-order valence-electron chi connectivity index (χ0n) is 11.5. The lowest BCUT2D eigenvalue weighted by molar-refractivity contribution is 0.352. The number of benzene rings is 1. The van der Waals surface area contributed by atoms with Crippen LogP contribution in [0.2, 0.25) is 0 Å². The summed E-state index contributed by atoms with van der Waals surface area (Å²) in [5.74, 6) is 3.96. The predicted molar refractivity (Wildman–Crippen MR) is 79.1 cm³/mol. The molecule has 0 aliphatic carbocycles. The number of hydrogen-bond donors (Lipinski definition) is 1. The van der Waals surface area contributed by atoms with Gasteiger partial charge in [0.15, 0.2) is 0 Å². The van der Waals surface area contributed by atoms with Gasteiger partial charge in [0.05, 0.1) is 18.6 Å². The van der Waals surface area contributed by atoms with E-state index in [-0.39, 0.29) is 12.0 Å². The van der Waals surface area contributed by atoms with Gasteiger partial charge in [-0.2, -0.15) is 16.7 Å². The van der Waals surface area contributed by atoms with E-state index in [0.29, 0.717) is 11.7 Å². The molecule has 0 bridgehead atoms. The van der Waals surface area contributed by atoms with Crippen LogP contribution in [0.1, 0.15) is 17.4 Å². The smallest absolute Gasteiger partial charge is 0.232 e. The minimum atomic E-state index is 0.0909. The second-order valence-electron chi connectivity index (χ2n) is 4.97. The average molecular weight is 291 g/mol. The van der Waals surface area contributed by atoms with Crippen molar-refractivity contribution in [3.8, 4) is 17.1 Å². The van der Waals surface area contributed by atoms with E-state index in [1.54, 1.807) is 7.11 Å². The number of aryl methyl sites for hydroxylation is 1. The van der Waals surface area contributed by atoms with Crippen molar-refractivity contribution in [3.05, 3.63) is 29.7 Å². The maximum absolute atomic E-state index is 6.06. The fraction of sp³-hybridized carbons (Fsp3) is 0.429. The van der Waals surface area contributed by atoms with Crippen LogP contribution in [-0.2, 0) is 0 Å². The zero-order valence-corrected chi connectivity index (χ0v) is 12.3. The molecule has 106 valence electrons. The number of hydrogen-bond acceptors (Lipinski definition) is 6. The summed E-state index contributed by atoms with van der Waals surface area (Å²) in [5.41, 5.74) is 8.03. The largest absolute Gasteiger partial charge is 0.496 e. The van der Waals surface area contributed by atoms with Gasteiger partial charge in [0.2, 0.25) is 11.7 Å². The summed E-state index contributed by atoms with van der Waals surface area (Å²) in [6.45, 7) is 2.02. The molecule has 1 aromatic carbocycles. The minimum absolute atomic E-state index is 0.0909. The van der Waals surface area contributed by atoms with Crippen LogP contribution in [-0.4, -0.2) is 34.8 Å². The lowest BCUT2D eigenvalue weighted by Crippen LogP contribution is -2.26. The summed E-state index contributed by atoms with van der Waals surface area (Å²) in [7, 11) is 1.64. The monoisotopic (exact) mass is 291 g/mol. The number of rotatable bonds is 3. The van der Waals surface area contributed by atoms with Crippen LogP contribution >= 0.6 is 11.8 Å². The van der Waals surface area contributed by atoms with Gasteiger partial charge in [0.25, 0.3) is 0 Å². The Balaban J connectivity index is 1.94. The van der Waals surface area contributed by atoms with Crippen molar-refractivity contribution in [2.45, 2.75) is 18.9 Å². The molecule has 2 N–H and O–H groups in total. The molecular weight excluding hydrogens is 274 g/mol. The Morgan fingerprint density at radius 1 is 1.40 bits per heavy atom. The third kappa shape index (κ3) is 2.41. The molecular formula is C14H17N3O2S. The van der Waals surface area contributed by atoms with Crippen molar-refractivity contribution >= 4 is 11.8 Å². The summed E-state index contributed by atoms with van der Waals surface area (Å²) in [6.07, 6.45) is 0. The lowest BCUT2D eigenvalue weighted by atomic mass is 10.1. The van der Waals surface area contributed by atoms with E-state index in [9.17, 15) is 0 Å². The highest BCUT2D eigenvalue weighted by Crippen LogP contribution is 2.33. The fourth-order valence-electron chi connectivity index (χ4n) is 2.30. The van der Waals surface area contributed by atoms with Gasteiger partial charge < -0.3 is 15.0 Å². The van der Waals surface area contributed by atoms with Gasteiger partial charge in [-0.1, -0.05) is 11.2 Å². The van der Waals surface area contributed by atoms with Crippen LogP contribution in [0, 0.1) is 6.92 Å². The molecule has 2 aromatic rings. The molecule has 2 unspecified atom stereocenters. The second kappa shape index (κ2) is 5.46. The van der Waals surface area contributed by atoms with E-state index >= 15 is 0 Å². The SMILES string of the molecule is COc1cc(C)ccc1-c1noc(C2CSCC2N)n1. The molecule has 0 radical (unpaired) electrons. The molecule has 1 fully saturated rings. The summed E-state index contributed by atoms with van der Waals surface area (Å²) < 4.78 is 10.8. The second-order valence-corrected chi connectivity index (χ2v) is 6.04.